The van der Waals surface area contributed by atoms with E-state index in [1.54, 1.807) is 4.68 Å². The van der Waals surface area contributed by atoms with Crippen molar-refractivity contribution in [3.05, 3.63) is 10.2 Å². The first-order chi connectivity index (χ1) is 11.2. The molecule has 0 fully saturated rings. The van der Waals surface area contributed by atoms with Gasteiger partial charge >= 0.3 is 0 Å². The van der Waals surface area contributed by atoms with Gasteiger partial charge in [-0.05, 0) is 32.2 Å². The predicted molar refractivity (Wildman–Crippen MR) is 92.9 cm³/mol. The fraction of sp³-hybridized carbons (Fsp3) is 0.812. The van der Waals surface area contributed by atoms with Crippen LogP contribution in [-0.4, -0.2) is 31.3 Å². The van der Waals surface area contributed by atoms with Crippen molar-refractivity contribution in [2.75, 3.05) is 13.2 Å². The third-order valence-electron chi connectivity index (χ3n) is 3.78. The summed E-state index contributed by atoms with van der Waals surface area (Å²) >= 11 is 0. The molecule has 0 aliphatic heterocycles. The maximum Gasteiger partial charge on any atom is 0.240 e. The largest absolute Gasteiger partial charge is 0.478 e. The highest BCUT2D eigenvalue weighted by Crippen LogP contribution is 2.21. The van der Waals surface area contributed by atoms with Crippen molar-refractivity contribution < 1.29 is 13.2 Å². The van der Waals surface area contributed by atoms with E-state index in [1.165, 1.54) is 0 Å². The molecule has 1 aromatic heterocycles. The summed E-state index contributed by atoms with van der Waals surface area (Å²) in [5.74, 6) is 0.588. The van der Waals surface area contributed by atoms with Crippen LogP contribution < -0.4 is 10.5 Å². The number of aromatic amines is 1. The zero-order valence-corrected chi connectivity index (χ0v) is 15.3. The zero-order valence-electron chi connectivity index (χ0n) is 14.4. The smallest absolute Gasteiger partial charge is 0.240 e. The Kier molecular flexibility index (Phi) is 9.78. The van der Waals surface area contributed by atoms with Crippen LogP contribution in [0.2, 0.25) is 0 Å². The average Bonchev–Trinajstić information content (AvgIpc) is 2.86. The molecule has 1 rings (SSSR count). The fourth-order valence-electron chi connectivity index (χ4n) is 2.52. The number of rotatable bonds is 12. The van der Waals surface area contributed by atoms with E-state index in [-0.39, 0.29) is 0 Å². The van der Waals surface area contributed by atoms with E-state index < -0.39 is 10.3 Å². The Hall–Kier alpha value is -1.21. The van der Waals surface area contributed by atoms with Crippen LogP contribution in [0.15, 0.2) is 0 Å². The molecule has 3 N–H and O–H groups in total. The highest BCUT2D eigenvalue weighted by Gasteiger charge is 2.14. The summed E-state index contributed by atoms with van der Waals surface area (Å²) in [5.41, 5.74) is 6.28. The maximum absolute atomic E-state index is 11.7. The van der Waals surface area contributed by atoms with Gasteiger partial charge in [0.25, 0.3) is 0 Å². The standard InChI is InChI=1S/C16H31N3O3S/c1-3-5-7-10-14-15(22-13-9-11-17)18-19(12-8-6-4-2)16(14)23(20)21/h18H,3-13,17H2,1-2H3. The molecule has 1 heterocycles. The Morgan fingerprint density at radius 2 is 1.78 bits per heavy atom. The number of hydrogen-bond donors (Lipinski definition) is 2. The van der Waals surface area contributed by atoms with Crippen LogP contribution in [-0.2, 0) is 23.3 Å². The van der Waals surface area contributed by atoms with Crippen molar-refractivity contribution in [1.82, 2.24) is 9.78 Å². The van der Waals surface area contributed by atoms with Gasteiger partial charge in [-0.3, -0.25) is 9.78 Å². The third kappa shape index (κ3) is 6.43. The van der Waals surface area contributed by atoms with Crippen LogP contribution in [0.3, 0.4) is 0 Å². The van der Waals surface area contributed by atoms with Crippen molar-refractivity contribution in [3.63, 3.8) is 0 Å². The van der Waals surface area contributed by atoms with E-state index in [1.807, 2.05) is 0 Å². The number of nitrogens with zero attached hydrogens (tertiary/aromatic N) is 1. The third-order valence-corrected chi connectivity index (χ3v) is 4.56. The van der Waals surface area contributed by atoms with Crippen LogP contribution in [0.25, 0.3) is 0 Å². The number of ether oxygens (including phenoxy) is 1. The minimum Gasteiger partial charge on any atom is -0.478 e. The van der Waals surface area contributed by atoms with Crippen LogP contribution in [0.5, 0.6) is 5.88 Å². The first-order valence-electron chi connectivity index (χ1n) is 8.72. The quantitative estimate of drug-likeness (QED) is 0.450. The van der Waals surface area contributed by atoms with Crippen molar-refractivity contribution >= 4 is 10.3 Å². The summed E-state index contributed by atoms with van der Waals surface area (Å²) in [6.07, 6.45) is 7.72. The summed E-state index contributed by atoms with van der Waals surface area (Å²) in [6.45, 7) is 5.98. The van der Waals surface area contributed by atoms with E-state index in [0.29, 0.717) is 36.6 Å². The summed E-state index contributed by atoms with van der Waals surface area (Å²) in [4.78, 5) is 0. The van der Waals surface area contributed by atoms with Gasteiger partial charge in [-0.1, -0.05) is 39.5 Å². The second-order valence-corrected chi connectivity index (χ2v) is 6.62. The molecule has 0 atom stereocenters. The lowest BCUT2D eigenvalue weighted by molar-refractivity contribution is 0.294. The Labute approximate surface area is 140 Å². The van der Waals surface area contributed by atoms with Gasteiger partial charge in [-0.25, -0.2) is 0 Å². The van der Waals surface area contributed by atoms with Crippen molar-refractivity contribution in [2.24, 2.45) is 5.73 Å². The minimum absolute atomic E-state index is 0.347. The summed E-state index contributed by atoms with van der Waals surface area (Å²) in [6, 6.07) is 0. The molecule has 0 bridgehead atoms. The molecule has 0 aromatic carbocycles. The summed E-state index contributed by atoms with van der Waals surface area (Å²) in [7, 11) is -2.27. The first-order valence-corrected chi connectivity index (χ1v) is 9.79. The Morgan fingerprint density at radius 3 is 2.39 bits per heavy atom. The number of nitrogens with one attached hydrogen (secondary N) is 1. The SMILES string of the molecule is CCCCCc1c(OCCCN)[nH]n(CCCCC)c1=S(=O)=O. The molecular weight excluding hydrogens is 314 g/mol. The van der Waals surface area contributed by atoms with Gasteiger partial charge in [-0.2, -0.15) is 8.42 Å². The Bertz CT molecular complexity index is 609. The lowest BCUT2D eigenvalue weighted by Gasteiger charge is -2.05. The number of nitrogens with two attached hydrogens (primary N) is 1. The fourth-order valence-corrected chi connectivity index (χ4v) is 3.23. The molecule has 1 aromatic rings. The molecule has 134 valence electrons. The molecule has 0 saturated carbocycles. The molecule has 0 aliphatic carbocycles. The van der Waals surface area contributed by atoms with Gasteiger partial charge in [0.05, 0.1) is 12.2 Å². The normalized spacial score (nSPS) is 10.9. The highest BCUT2D eigenvalue weighted by molar-refractivity contribution is 7.63. The van der Waals surface area contributed by atoms with Gasteiger partial charge in [-0.15, -0.1) is 0 Å². The lowest BCUT2D eigenvalue weighted by Crippen LogP contribution is -2.07. The van der Waals surface area contributed by atoms with Crippen LogP contribution >= 0.6 is 0 Å². The molecule has 0 saturated heterocycles. The van der Waals surface area contributed by atoms with Gasteiger partial charge in [0.15, 0.2) is 4.64 Å². The van der Waals surface area contributed by atoms with E-state index in [2.05, 4.69) is 18.9 Å². The second kappa shape index (κ2) is 11.3. The predicted octanol–water partition coefficient (Wildman–Crippen LogP) is 2.88. The van der Waals surface area contributed by atoms with E-state index in [9.17, 15) is 8.42 Å². The molecule has 0 amide bonds. The maximum atomic E-state index is 11.7. The molecular formula is C16H31N3O3S. The molecule has 0 radical (unpaired) electrons. The highest BCUT2D eigenvalue weighted by atomic mass is 32.2. The molecule has 6 nitrogen and oxygen atoms in total. The second-order valence-electron chi connectivity index (χ2n) is 5.77. The van der Waals surface area contributed by atoms with Crippen molar-refractivity contribution in [2.45, 2.75) is 71.8 Å². The molecule has 0 spiro atoms. The van der Waals surface area contributed by atoms with Gasteiger partial charge in [0, 0.05) is 6.54 Å². The first kappa shape index (κ1) is 19.8. The summed E-state index contributed by atoms with van der Waals surface area (Å²) in [5, 5.41) is 3.14. The number of aryl methyl sites for hydroxylation is 1. The molecule has 0 aliphatic rings. The minimum atomic E-state index is -2.27. The van der Waals surface area contributed by atoms with Crippen LogP contribution in [0.1, 0.15) is 64.4 Å². The lowest BCUT2D eigenvalue weighted by atomic mass is 10.1. The molecule has 23 heavy (non-hydrogen) atoms. The van der Waals surface area contributed by atoms with E-state index in [4.69, 9.17) is 10.5 Å². The monoisotopic (exact) mass is 345 g/mol. The topological polar surface area (TPSA) is 90.1 Å². The van der Waals surface area contributed by atoms with Gasteiger partial charge < -0.3 is 10.5 Å². The molecule has 7 heteroatoms. The Morgan fingerprint density at radius 1 is 1.09 bits per heavy atom. The van der Waals surface area contributed by atoms with Crippen LogP contribution in [0.4, 0.5) is 0 Å². The molecule has 0 unspecified atom stereocenters. The van der Waals surface area contributed by atoms with Gasteiger partial charge in [0.2, 0.25) is 16.2 Å². The van der Waals surface area contributed by atoms with Crippen molar-refractivity contribution in [3.8, 4) is 5.88 Å². The number of H-pyrrole nitrogens is 1. The number of aromatic nitrogens is 2. The Balaban J connectivity index is 3.10. The van der Waals surface area contributed by atoms with Crippen molar-refractivity contribution in [1.29, 1.82) is 0 Å². The van der Waals surface area contributed by atoms with Crippen LogP contribution in [0, 0.1) is 4.64 Å². The summed E-state index contributed by atoms with van der Waals surface area (Å²) < 4.78 is 31.3. The average molecular weight is 346 g/mol. The van der Waals surface area contributed by atoms with E-state index in [0.717, 1.165) is 50.5 Å². The number of unbranched alkanes of at least 4 members (excludes halogenated alkanes) is 4. The zero-order chi connectivity index (χ0) is 17.1. The van der Waals surface area contributed by atoms with E-state index >= 15 is 0 Å². The number of hydrogen-bond acceptors (Lipinski definition) is 4. The van der Waals surface area contributed by atoms with Gasteiger partial charge in [0.1, 0.15) is 0 Å².